The van der Waals surface area contributed by atoms with Gasteiger partial charge in [0.25, 0.3) is 5.91 Å². The summed E-state index contributed by atoms with van der Waals surface area (Å²) in [5.41, 5.74) is 2.66. The zero-order chi connectivity index (χ0) is 19.1. The molecular formula is C22H24N2O3. The van der Waals surface area contributed by atoms with Crippen LogP contribution in [-0.4, -0.2) is 24.3 Å². The Bertz CT molecular complexity index is 882. The molecule has 0 bridgehead atoms. The van der Waals surface area contributed by atoms with Crippen LogP contribution < -0.4 is 5.32 Å². The van der Waals surface area contributed by atoms with Gasteiger partial charge in [0.15, 0.2) is 12.4 Å². The number of carbonyl (C=O) groups excluding carboxylic acids is 1. The third-order valence-electron chi connectivity index (χ3n) is 4.30. The number of nitrogens with one attached hydrogen (secondary N) is 1. The second kappa shape index (κ2) is 9.03. The quantitative estimate of drug-likeness (QED) is 0.478. The van der Waals surface area contributed by atoms with E-state index in [1.54, 1.807) is 6.92 Å². The summed E-state index contributed by atoms with van der Waals surface area (Å²) in [4.78, 5) is 17.2. The molecule has 0 fully saturated rings. The lowest BCUT2D eigenvalue weighted by Gasteiger charge is -2.13. The molecule has 140 valence electrons. The van der Waals surface area contributed by atoms with Crippen molar-refractivity contribution >= 4 is 22.6 Å². The van der Waals surface area contributed by atoms with E-state index in [2.05, 4.69) is 22.6 Å². The zero-order valence-electron chi connectivity index (χ0n) is 15.6. The second-order valence-corrected chi connectivity index (χ2v) is 6.59. The first-order chi connectivity index (χ1) is 13.1. The van der Waals surface area contributed by atoms with Crippen LogP contribution in [0.3, 0.4) is 0 Å². The summed E-state index contributed by atoms with van der Waals surface area (Å²) in [7, 11) is 0. The highest BCUT2D eigenvalue weighted by molar-refractivity contribution is 5.99. The van der Waals surface area contributed by atoms with Crippen molar-refractivity contribution in [2.45, 2.75) is 32.7 Å². The molecule has 3 aromatic rings. The van der Waals surface area contributed by atoms with Crippen molar-refractivity contribution in [3.8, 4) is 0 Å². The summed E-state index contributed by atoms with van der Waals surface area (Å²) < 4.78 is 5.71. The Morgan fingerprint density at radius 1 is 1.15 bits per heavy atom. The molecule has 0 saturated heterocycles. The van der Waals surface area contributed by atoms with Crippen LogP contribution in [0.2, 0.25) is 0 Å². The Morgan fingerprint density at radius 3 is 2.67 bits per heavy atom. The number of rotatable bonds is 8. The van der Waals surface area contributed by atoms with Gasteiger partial charge in [0.05, 0.1) is 0 Å². The normalized spacial score (nSPS) is 12.7. The maximum Gasteiger partial charge on any atom is 0.260 e. The molecule has 1 amide bonds. The first kappa shape index (κ1) is 18.7. The molecule has 1 unspecified atom stereocenters. The molecule has 2 aromatic carbocycles. The molecule has 1 atom stereocenters. The molecular weight excluding hydrogens is 340 g/mol. The van der Waals surface area contributed by atoms with Crippen LogP contribution in [0.25, 0.3) is 11.0 Å². The van der Waals surface area contributed by atoms with Gasteiger partial charge in [0, 0.05) is 11.4 Å². The standard InChI is InChI=1S/C22H24N2O3/c1-16(12-13-18-8-4-3-5-9-18)23-22(25)15-26-24-17(2)21-14-19-10-6-7-11-20(19)27-21/h3-11,14,16H,12-13,15H2,1-2H3,(H,23,25)/b24-17+. The summed E-state index contributed by atoms with van der Waals surface area (Å²) in [6, 6.07) is 19.9. The maximum absolute atomic E-state index is 12.0. The van der Waals surface area contributed by atoms with Gasteiger partial charge in [0.1, 0.15) is 11.3 Å². The lowest BCUT2D eigenvalue weighted by atomic mass is 10.1. The van der Waals surface area contributed by atoms with E-state index in [0.717, 1.165) is 23.8 Å². The average molecular weight is 364 g/mol. The minimum absolute atomic E-state index is 0.0711. The summed E-state index contributed by atoms with van der Waals surface area (Å²) in [6.07, 6.45) is 1.80. The Morgan fingerprint density at radius 2 is 1.89 bits per heavy atom. The first-order valence-corrected chi connectivity index (χ1v) is 9.10. The molecule has 0 radical (unpaired) electrons. The van der Waals surface area contributed by atoms with Crippen LogP contribution >= 0.6 is 0 Å². The van der Waals surface area contributed by atoms with E-state index in [9.17, 15) is 4.79 Å². The third kappa shape index (κ3) is 5.45. The lowest BCUT2D eigenvalue weighted by Crippen LogP contribution is -2.35. The van der Waals surface area contributed by atoms with Gasteiger partial charge in [-0.25, -0.2) is 0 Å². The summed E-state index contributed by atoms with van der Waals surface area (Å²) in [5.74, 6) is 0.449. The summed E-state index contributed by atoms with van der Waals surface area (Å²) in [6.45, 7) is 3.66. The smallest absolute Gasteiger partial charge is 0.260 e. The zero-order valence-corrected chi connectivity index (χ0v) is 15.6. The number of amides is 1. The Balaban J connectivity index is 1.43. The molecule has 1 N–H and O–H groups in total. The number of furan rings is 1. The largest absolute Gasteiger partial charge is 0.455 e. The van der Waals surface area contributed by atoms with E-state index >= 15 is 0 Å². The molecule has 0 aliphatic carbocycles. The fraction of sp³-hybridized carbons (Fsp3) is 0.273. The minimum Gasteiger partial charge on any atom is -0.455 e. The number of carbonyl (C=O) groups is 1. The number of para-hydroxylation sites is 1. The van der Waals surface area contributed by atoms with E-state index in [4.69, 9.17) is 9.25 Å². The predicted molar refractivity (Wildman–Crippen MR) is 107 cm³/mol. The lowest BCUT2D eigenvalue weighted by molar-refractivity contribution is -0.126. The molecule has 1 heterocycles. The number of hydrogen-bond acceptors (Lipinski definition) is 4. The van der Waals surface area contributed by atoms with Crippen molar-refractivity contribution in [1.29, 1.82) is 0 Å². The molecule has 0 aliphatic heterocycles. The first-order valence-electron chi connectivity index (χ1n) is 9.10. The van der Waals surface area contributed by atoms with Gasteiger partial charge in [-0.1, -0.05) is 53.7 Å². The Kier molecular flexibility index (Phi) is 6.26. The molecule has 0 aliphatic rings. The van der Waals surface area contributed by atoms with Crippen LogP contribution in [0.15, 0.2) is 70.2 Å². The van der Waals surface area contributed by atoms with Crippen molar-refractivity contribution < 1.29 is 14.0 Å². The molecule has 27 heavy (non-hydrogen) atoms. The fourth-order valence-corrected chi connectivity index (χ4v) is 2.81. The van der Waals surface area contributed by atoms with Gasteiger partial charge in [-0.15, -0.1) is 0 Å². The van der Waals surface area contributed by atoms with Crippen LogP contribution in [0.1, 0.15) is 31.6 Å². The van der Waals surface area contributed by atoms with Gasteiger partial charge in [0.2, 0.25) is 0 Å². The van der Waals surface area contributed by atoms with Crippen LogP contribution in [-0.2, 0) is 16.1 Å². The van der Waals surface area contributed by atoms with Gasteiger partial charge < -0.3 is 14.6 Å². The van der Waals surface area contributed by atoms with Crippen molar-refractivity contribution in [3.63, 3.8) is 0 Å². The maximum atomic E-state index is 12.0. The third-order valence-corrected chi connectivity index (χ3v) is 4.30. The van der Waals surface area contributed by atoms with E-state index in [-0.39, 0.29) is 18.6 Å². The van der Waals surface area contributed by atoms with Crippen LogP contribution in [0.4, 0.5) is 0 Å². The summed E-state index contributed by atoms with van der Waals surface area (Å²) in [5, 5.41) is 7.93. The number of nitrogens with zero attached hydrogens (tertiary/aromatic N) is 1. The number of benzene rings is 2. The predicted octanol–water partition coefficient (Wildman–Crippen LogP) is 4.31. The number of aryl methyl sites for hydroxylation is 1. The number of fused-ring (bicyclic) bond motifs is 1. The Hall–Kier alpha value is -3.08. The van der Waals surface area contributed by atoms with Gasteiger partial charge in [-0.2, -0.15) is 0 Å². The molecule has 0 spiro atoms. The molecule has 0 saturated carbocycles. The van der Waals surface area contributed by atoms with Gasteiger partial charge >= 0.3 is 0 Å². The van der Waals surface area contributed by atoms with Gasteiger partial charge in [-0.3, -0.25) is 4.79 Å². The average Bonchev–Trinajstić information content (AvgIpc) is 3.11. The Labute approximate surface area is 159 Å². The molecule has 5 nitrogen and oxygen atoms in total. The van der Waals surface area contributed by atoms with Crippen molar-refractivity contribution in [2.75, 3.05) is 6.61 Å². The monoisotopic (exact) mass is 364 g/mol. The fourth-order valence-electron chi connectivity index (χ4n) is 2.81. The van der Waals surface area contributed by atoms with Crippen LogP contribution in [0, 0.1) is 0 Å². The van der Waals surface area contributed by atoms with E-state index in [0.29, 0.717) is 11.5 Å². The number of hydrogen-bond donors (Lipinski definition) is 1. The minimum atomic E-state index is -0.184. The van der Waals surface area contributed by atoms with Gasteiger partial charge in [-0.05, 0) is 44.4 Å². The number of oxime groups is 1. The van der Waals surface area contributed by atoms with E-state index in [1.165, 1.54) is 5.56 Å². The molecule has 3 rings (SSSR count). The molecule has 1 aromatic heterocycles. The highest BCUT2D eigenvalue weighted by Gasteiger charge is 2.10. The van der Waals surface area contributed by atoms with Crippen molar-refractivity contribution in [2.24, 2.45) is 5.16 Å². The highest BCUT2D eigenvalue weighted by Crippen LogP contribution is 2.19. The van der Waals surface area contributed by atoms with E-state index in [1.807, 2.05) is 55.5 Å². The van der Waals surface area contributed by atoms with Crippen LogP contribution in [0.5, 0.6) is 0 Å². The highest BCUT2D eigenvalue weighted by atomic mass is 16.6. The molecule has 5 heteroatoms. The second-order valence-electron chi connectivity index (χ2n) is 6.59. The SMILES string of the molecule is C/C(=N\OCC(=O)NC(C)CCc1ccccc1)c1cc2ccccc2o1. The van der Waals surface area contributed by atoms with E-state index < -0.39 is 0 Å². The van der Waals surface area contributed by atoms with Crippen molar-refractivity contribution in [3.05, 3.63) is 72.0 Å². The topological polar surface area (TPSA) is 63.8 Å². The summed E-state index contributed by atoms with van der Waals surface area (Å²) >= 11 is 0. The van der Waals surface area contributed by atoms with Crippen molar-refractivity contribution in [1.82, 2.24) is 5.32 Å².